The van der Waals surface area contributed by atoms with Gasteiger partial charge < -0.3 is 14.4 Å². The molecule has 1 fully saturated rings. The Morgan fingerprint density at radius 3 is 1.62 bits per heavy atom. The summed E-state index contributed by atoms with van der Waals surface area (Å²) in [5, 5.41) is 0. The molecule has 170 valence electrons. The summed E-state index contributed by atoms with van der Waals surface area (Å²) >= 11 is 0. The van der Waals surface area contributed by atoms with Crippen LogP contribution in [0.5, 0.6) is 0 Å². The number of hydrogen-bond acceptors (Lipinski definition) is 2. The molecule has 4 aromatic rings. The quantitative estimate of drug-likeness (QED) is 0.447. The van der Waals surface area contributed by atoms with E-state index < -0.39 is 0 Å². The van der Waals surface area contributed by atoms with Crippen LogP contribution >= 0.6 is 0 Å². The van der Waals surface area contributed by atoms with Crippen molar-refractivity contribution in [3.8, 4) is 5.69 Å². The minimum Gasteiger partial charge on any atom is -0.338 e. The van der Waals surface area contributed by atoms with E-state index in [1.54, 1.807) is 0 Å². The summed E-state index contributed by atoms with van der Waals surface area (Å²) in [5.74, 6) is -0.250. The van der Waals surface area contributed by atoms with Gasteiger partial charge in [0.15, 0.2) is 0 Å². The van der Waals surface area contributed by atoms with Crippen molar-refractivity contribution < 1.29 is 9.59 Å². The van der Waals surface area contributed by atoms with Gasteiger partial charge in [-0.05, 0) is 47.5 Å². The van der Waals surface area contributed by atoms with Crippen LogP contribution in [0.3, 0.4) is 0 Å². The summed E-state index contributed by atoms with van der Waals surface area (Å²) in [7, 11) is 0. The molecule has 0 bridgehead atoms. The molecule has 0 N–H and O–H groups in total. The number of piperazine rings is 1. The normalized spacial score (nSPS) is 13.8. The summed E-state index contributed by atoms with van der Waals surface area (Å²) in [5.41, 5.74) is 3.66. The molecule has 0 unspecified atom stereocenters. The van der Waals surface area contributed by atoms with Gasteiger partial charge in [0.1, 0.15) is 0 Å². The van der Waals surface area contributed by atoms with Crippen molar-refractivity contribution in [1.82, 2.24) is 14.4 Å². The first-order valence-corrected chi connectivity index (χ1v) is 11.6. The van der Waals surface area contributed by atoms with Gasteiger partial charge in [0.25, 0.3) is 5.91 Å². The molecule has 5 nitrogen and oxygen atoms in total. The fourth-order valence-corrected chi connectivity index (χ4v) is 4.55. The molecule has 34 heavy (non-hydrogen) atoms. The molecule has 5 rings (SSSR count). The van der Waals surface area contributed by atoms with E-state index in [-0.39, 0.29) is 17.7 Å². The maximum absolute atomic E-state index is 13.6. The zero-order chi connectivity index (χ0) is 23.3. The Labute approximate surface area is 199 Å². The fourth-order valence-electron chi connectivity index (χ4n) is 4.55. The van der Waals surface area contributed by atoms with Gasteiger partial charge in [0, 0.05) is 49.8 Å². The zero-order valence-electron chi connectivity index (χ0n) is 19.0. The molecule has 1 aliphatic heterocycles. The average Bonchev–Trinajstić information content (AvgIpc) is 3.45. The highest BCUT2D eigenvalue weighted by molar-refractivity contribution is 5.94. The van der Waals surface area contributed by atoms with Crippen molar-refractivity contribution in [2.24, 2.45) is 0 Å². The van der Waals surface area contributed by atoms with Gasteiger partial charge in [-0.2, -0.15) is 0 Å². The standard InChI is InChI=1S/C29H27N3O2/c33-28(25-13-15-26(16-14-25)30-17-7-8-18-30)31-19-21-32(22-20-31)29(34)27(23-9-3-1-4-10-23)24-11-5-2-6-12-24/h1-18,27H,19-22H2. The summed E-state index contributed by atoms with van der Waals surface area (Å²) in [6.07, 6.45) is 3.95. The highest BCUT2D eigenvalue weighted by atomic mass is 16.2. The van der Waals surface area contributed by atoms with E-state index >= 15 is 0 Å². The van der Waals surface area contributed by atoms with E-state index in [4.69, 9.17) is 0 Å². The third kappa shape index (κ3) is 4.50. The van der Waals surface area contributed by atoms with Crippen molar-refractivity contribution in [2.45, 2.75) is 5.92 Å². The molecular formula is C29H27N3O2. The minimum absolute atomic E-state index is 0.00817. The second-order valence-corrected chi connectivity index (χ2v) is 8.51. The van der Waals surface area contributed by atoms with Crippen LogP contribution in [-0.2, 0) is 4.79 Å². The molecule has 1 saturated heterocycles. The highest BCUT2D eigenvalue weighted by Gasteiger charge is 2.31. The zero-order valence-corrected chi connectivity index (χ0v) is 19.0. The molecule has 2 heterocycles. The smallest absolute Gasteiger partial charge is 0.253 e. The van der Waals surface area contributed by atoms with E-state index in [1.807, 2.05) is 124 Å². The van der Waals surface area contributed by atoms with Gasteiger partial charge in [-0.3, -0.25) is 9.59 Å². The lowest BCUT2D eigenvalue weighted by atomic mass is 9.90. The second-order valence-electron chi connectivity index (χ2n) is 8.51. The second kappa shape index (κ2) is 9.79. The largest absolute Gasteiger partial charge is 0.338 e. The maximum atomic E-state index is 13.6. The molecule has 1 aromatic heterocycles. The number of carbonyl (C=O) groups is 2. The molecule has 0 atom stereocenters. The summed E-state index contributed by atoms with van der Waals surface area (Å²) in [6.45, 7) is 2.12. The first kappa shape index (κ1) is 21.7. The molecule has 0 aliphatic carbocycles. The number of hydrogen-bond donors (Lipinski definition) is 0. The first-order chi connectivity index (χ1) is 16.7. The highest BCUT2D eigenvalue weighted by Crippen LogP contribution is 2.27. The number of nitrogens with zero attached hydrogens (tertiary/aromatic N) is 3. The van der Waals surface area contributed by atoms with Crippen LogP contribution in [0.1, 0.15) is 27.4 Å². The Balaban J connectivity index is 1.26. The summed E-state index contributed by atoms with van der Waals surface area (Å²) in [6, 6.07) is 31.4. The number of carbonyl (C=O) groups excluding carboxylic acids is 2. The molecule has 0 spiro atoms. The third-order valence-electron chi connectivity index (χ3n) is 6.41. The van der Waals surface area contributed by atoms with E-state index in [2.05, 4.69) is 0 Å². The number of rotatable bonds is 5. The van der Waals surface area contributed by atoms with Gasteiger partial charge >= 0.3 is 0 Å². The average molecular weight is 450 g/mol. The molecular weight excluding hydrogens is 422 g/mol. The van der Waals surface area contributed by atoms with Gasteiger partial charge in [-0.15, -0.1) is 0 Å². The Kier molecular flexibility index (Phi) is 6.25. The Morgan fingerprint density at radius 1 is 0.588 bits per heavy atom. The lowest BCUT2D eigenvalue weighted by Gasteiger charge is -2.36. The van der Waals surface area contributed by atoms with E-state index in [1.165, 1.54) is 0 Å². The van der Waals surface area contributed by atoms with Crippen LogP contribution in [0.25, 0.3) is 5.69 Å². The van der Waals surface area contributed by atoms with Crippen molar-refractivity contribution >= 4 is 11.8 Å². The molecule has 0 saturated carbocycles. The van der Waals surface area contributed by atoms with Gasteiger partial charge in [0.2, 0.25) is 5.91 Å². The van der Waals surface area contributed by atoms with Crippen LogP contribution in [-0.4, -0.2) is 52.4 Å². The molecule has 1 aliphatic rings. The Morgan fingerprint density at radius 2 is 1.09 bits per heavy atom. The van der Waals surface area contributed by atoms with E-state index in [9.17, 15) is 9.59 Å². The molecule has 2 amide bonds. The minimum atomic E-state index is -0.342. The van der Waals surface area contributed by atoms with Crippen LogP contribution in [0, 0.1) is 0 Å². The van der Waals surface area contributed by atoms with Gasteiger partial charge in [-0.25, -0.2) is 0 Å². The number of benzene rings is 3. The van der Waals surface area contributed by atoms with Crippen LogP contribution < -0.4 is 0 Å². The summed E-state index contributed by atoms with van der Waals surface area (Å²) in [4.78, 5) is 30.4. The predicted octanol–water partition coefficient (Wildman–Crippen LogP) is 4.59. The topological polar surface area (TPSA) is 45.6 Å². The predicted molar refractivity (Wildman–Crippen MR) is 133 cm³/mol. The molecule has 5 heteroatoms. The fraction of sp³-hybridized carbons (Fsp3) is 0.172. The number of amides is 2. The first-order valence-electron chi connectivity index (χ1n) is 11.6. The van der Waals surface area contributed by atoms with E-state index in [0.717, 1.165) is 16.8 Å². The number of aromatic nitrogens is 1. The third-order valence-corrected chi connectivity index (χ3v) is 6.41. The molecule has 0 radical (unpaired) electrons. The Bertz CT molecular complexity index is 1190. The maximum Gasteiger partial charge on any atom is 0.253 e. The van der Waals surface area contributed by atoms with Gasteiger partial charge in [0.05, 0.1) is 5.92 Å². The van der Waals surface area contributed by atoms with Crippen molar-refractivity contribution in [1.29, 1.82) is 0 Å². The van der Waals surface area contributed by atoms with Crippen LogP contribution in [0.2, 0.25) is 0 Å². The van der Waals surface area contributed by atoms with Crippen LogP contribution in [0.4, 0.5) is 0 Å². The molecule has 3 aromatic carbocycles. The summed E-state index contributed by atoms with van der Waals surface area (Å²) < 4.78 is 2.01. The van der Waals surface area contributed by atoms with Crippen molar-refractivity contribution in [2.75, 3.05) is 26.2 Å². The van der Waals surface area contributed by atoms with E-state index in [0.29, 0.717) is 31.7 Å². The lowest BCUT2D eigenvalue weighted by Crippen LogP contribution is -2.51. The van der Waals surface area contributed by atoms with Crippen molar-refractivity contribution in [3.63, 3.8) is 0 Å². The monoisotopic (exact) mass is 449 g/mol. The Hall–Kier alpha value is -4.12. The SMILES string of the molecule is O=C(c1ccc(-n2cccc2)cc1)N1CCN(C(=O)C(c2ccccc2)c2ccccc2)CC1. The van der Waals surface area contributed by atoms with Crippen LogP contribution in [0.15, 0.2) is 109 Å². The van der Waals surface area contributed by atoms with Gasteiger partial charge in [-0.1, -0.05) is 60.7 Å². The lowest BCUT2D eigenvalue weighted by molar-refractivity contribution is -0.133. The van der Waals surface area contributed by atoms with Crippen molar-refractivity contribution in [3.05, 3.63) is 126 Å².